The number of hydrogen-bond acceptors (Lipinski definition) is 6. The second-order valence-electron chi connectivity index (χ2n) is 5.84. The largest absolute Gasteiger partial charge is 0.480 e. The lowest BCUT2D eigenvalue weighted by molar-refractivity contribution is -0.384. The Morgan fingerprint density at radius 2 is 2.20 bits per heavy atom. The van der Waals surface area contributed by atoms with E-state index in [1.54, 1.807) is 0 Å². The minimum absolute atomic E-state index is 0.0117. The zero-order valence-electron chi connectivity index (χ0n) is 13.0. The van der Waals surface area contributed by atoms with Crippen LogP contribution in [0.2, 0.25) is 0 Å². The fourth-order valence-corrected chi connectivity index (χ4v) is 2.49. The summed E-state index contributed by atoms with van der Waals surface area (Å²) in [7, 11) is 0. The third kappa shape index (κ3) is 3.79. The number of aromatic nitrogens is 3. The van der Waals surface area contributed by atoms with Crippen molar-refractivity contribution in [2.24, 2.45) is 5.92 Å². The van der Waals surface area contributed by atoms with Crippen LogP contribution in [0.5, 0.6) is 0 Å². The van der Waals surface area contributed by atoms with E-state index in [1.165, 1.54) is 29.5 Å². The molecule has 3 rings (SSSR count). The topological polar surface area (TPSA) is 140 Å². The second kappa shape index (κ2) is 6.67. The Bertz CT molecular complexity index is 816. The van der Waals surface area contributed by atoms with Crippen LogP contribution >= 0.6 is 0 Å². The Balaban J connectivity index is 1.83. The van der Waals surface area contributed by atoms with E-state index in [0.717, 1.165) is 18.9 Å². The van der Waals surface area contributed by atoms with Gasteiger partial charge in [-0.2, -0.15) is 5.10 Å². The van der Waals surface area contributed by atoms with Crippen molar-refractivity contribution in [1.29, 1.82) is 0 Å². The first-order valence-corrected chi connectivity index (χ1v) is 7.63. The van der Waals surface area contributed by atoms with Gasteiger partial charge in [-0.3, -0.25) is 14.9 Å². The van der Waals surface area contributed by atoms with Crippen LogP contribution in [0.25, 0.3) is 5.69 Å². The van der Waals surface area contributed by atoms with Crippen molar-refractivity contribution >= 4 is 17.6 Å². The Kier molecular flexibility index (Phi) is 4.42. The van der Waals surface area contributed by atoms with Crippen molar-refractivity contribution in [3.8, 4) is 5.69 Å². The standard InChI is InChI=1S/C15H15N5O5/c21-14(18-11(15(22)23)5-9-1-2-9)10-3-4-12(13(6-10)20(24)25)19-8-16-7-17-19/h3-4,6-9,11H,1-2,5H2,(H,18,21)(H,22,23). The Morgan fingerprint density at radius 3 is 2.76 bits per heavy atom. The highest BCUT2D eigenvalue weighted by atomic mass is 16.6. The van der Waals surface area contributed by atoms with Crippen LogP contribution < -0.4 is 5.32 Å². The first-order chi connectivity index (χ1) is 12.0. The summed E-state index contributed by atoms with van der Waals surface area (Å²) in [5.74, 6) is -1.47. The van der Waals surface area contributed by atoms with E-state index in [2.05, 4.69) is 15.4 Å². The normalized spacial score (nSPS) is 14.7. The molecule has 10 nitrogen and oxygen atoms in total. The number of nitro benzene ring substituents is 1. The highest BCUT2D eigenvalue weighted by molar-refractivity contribution is 5.97. The molecule has 1 amide bonds. The van der Waals surface area contributed by atoms with E-state index in [4.69, 9.17) is 0 Å². The zero-order chi connectivity index (χ0) is 18.0. The van der Waals surface area contributed by atoms with E-state index in [1.807, 2.05) is 0 Å². The van der Waals surface area contributed by atoms with Gasteiger partial charge in [0.05, 0.1) is 4.92 Å². The third-order valence-corrected chi connectivity index (χ3v) is 3.97. The SMILES string of the molecule is O=C(NC(CC1CC1)C(=O)O)c1ccc(-n2cncn2)c([N+](=O)[O-])c1. The second-order valence-corrected chi connectivity index (χ2v) is 5.84. The molecule has 10 heteroatoms. The molecule has 0 aliphatic heterocycles. The molecule has 130 valence electrons. The predicted molar refractivity (Wildman–Crippen MR) is 84.2 cm³/mol. The van der Waals surface area contributed by atoms with Gasteiger partial charge in [-0.1, -0.05) is 12.8 Å². The summed E-state index contributed by atoms with van der Waals surface area (Å²) in [5.41, 5.74) is -0.156. The van der Waals surface area contributed by atoms with Gasteiger partial charge in [0.2, 0.25) is 0 Å². The van der Waals surface area contributed by atoms with Crippen LogP contribution in [-0.4, -0.2) is 42.7 Å². The predicted octanol–water partition coefficient (Wildman–Crippen LogP) is 1.16. The maximum Gasteiger partial charge on any atom is 0.326 e. The Labute approximate surface area is 141 Å². The van der Waals surface area contributed by atoms with Gasteiger partial charge >= 0.3 is 5.97 Å². The van der Waals surface area contributed by atoms with Crippen LogP contribution in [0.4, 0.5) is 5.69 Å². The van der Waals surface area contributed by atoms with Gasteiger partial charge in [0, 0.05) is 11.6 Å². The third-order valence-electron chi connectivity index (χ3n) is 3.97. The molecule has 1 unspecified atom stereocenters. The molecule has 1 aliphatic carbocycles. The summed E-state index contributed by atoms with van der Waals surface area (Å²) >= 11 is 0. The summed E-state index contributed by atoms with van der Waals surface area (Å²) in [5, 5.41) is 26.8. The Morgan fingerprint density at radius 1 is 1.44 bits per heavy atom. The number of nitro groups is 1. The molecule has 1 heterocycles. The quantitative estimate of drug-likeness (QED) is 0.566. The average molecular weight is 345 g/mol. The first-order valence-electron chi connectivity index (χ1n) is 7.63. The highest BCUT2D eigenvalue weighted by Crippen LogP contribution is 2.33. The van der Waals surface area contributed by atoms with Crippen LogP contribution in [0.3, 0.4) is 0 Å². The number of nitrogens with one attached hydrogen (secondary N) is 1. The van der Waals surface area contributed by atoms with Crippen molar-refractivity contribution < 1.29 is 19.6 Å². The lowest BCUT2D eigenvalue weighted by Crippen LogP contribution is -2.41. The maximum absolute atomic E-state index is 12.3. The van der Waals surface area contributed by atoms with Crippen molar-refractivity contribution in [2.75, 3.05) is 0 Å². The smallest absolute Gasteiger partial charge is 0.326 e. The maximum atomic E-state index is 12.3. The summed E-state index contributed by atoms with van der Waals surface area (Å²) in [4.78, 5) is 38.0. The average Bonchev–Trinajstić information content (AvgIpc) is 3.23. The number of aliphatic carboxylic acids is 1. The van der Waals surface area contributed by atoms with Crippen LogP contribution in [-0.2, 0) is 4.79 Å². The molecule has 1 fully saturated rings. The van der Waals surface area contributed by atoms with Crippen LogP contribution in [0, 0.1) is 16.0 Å². The molecule has 1 aromatic carbocycles. The van der Waals surface area contributed by atoms with Gasteiger partial charge in [-0.05, 0) is 24.5 Å². The number of carbonyl (C=O) groups is 2. The van der Waals surface area contributed by atoms with Gasteiger partial charge in [-0.15, -0.1) is 0 Å². The molecule has 2 N–H and O–H groups in total. The number of nitrogens with zero attached hydrogens (tertiary/aromatic N) is 4. The van der Waals surface area contributed by atoms with Crippen molar-refractivity contribution in [2.45, 2.75) is 25.3 Å². The molecule has 2 aromatic rings. The minimum atomic E-state index is -1.12. The number of hydrogen-bond donors (Lipinski definition) is 2. The molecule has 0 saturated heterocycles. The summed E-state index contributed by atoms with van der Waals surface area (Å²) in [6.07, 6.45) is 4.81. The molecule has 0 radical (unpaired) electrons. The molecule has 0 bridgehead atoms. The lowest BCUT2D eigenvalue weighted by Gasteiger charge is -2.14. The Hall–Kier alpha value is -3.30. The number of amides is 1. The molecule has 1 aromatic heterocycles. The minimum Gasteiger partial charge on any atom is -0.480 e. The molecule has 1 atom stereocenters. The highest BCUT2D eigenvalue weighted by Gasteiger charge is 2.30. The van der Waals surface area contributed by atoms with E-state index in [0.29, 0.717) is 12.3 Å². The lowest BCUT2D eigenvalue weighted by atomic mass is 10.1. The number of carboxylic acids is 1. The van der Waals surface area contributed by atoms with Crippen LogP contribution in [0.1, 0.15) is 29.6 Å². The molecule has 1 saturated carbocycles. The molecule has 0 spiro atoms. The van der Waals surface area contributed by atoms with Gasteiger partial charge in [-0.25, -0.2) is 14.5 Å². The van der Waals surface area contributed by atoms with Gasteiger partial charge < -0.3 is 10.4 Å². The van der Waals surface area contributed by atoms with Gasteiger partial charge in [0.25, 0.3) is 11.6 Å². The van der Waals surface area contributed by atoms with E-state index < -0.39 is 22.8 Å². The summed E-state index contributed by atoms with van der Waals surface area (Å²) < 4.78 is 1.22. The van der Waals surface area contributed by atoms with Crippen molar-refractivity contribution in [1.82, 2.24) is 20.1 Å². The molecular weight excluding hydrogens is 330 g/mol. The van der Waals surface area contributed by atoms with Crippen molar-refractivity contribution in [3.05, 3.63) is 46.5 Å². The monoisotopic (exact) mass is 345 g/mol. The van der Waals surface area contributed by atoms with Crippen molar-refractivity contribution in [3.63, 3.8) is 0 Å². The van der Waals surface area contributed by atoms with Gasteiger partial charge in [0.15, 0.2) is 0 Å². The van der Waals surface area contributed by atoms with E-state index >= 15 is 0 Å². The number of carboxylic acid groups (broad SMARTS) is 1. The van der Waals surface area contributed by atoms with Gasteiger partial charge in [0.1, 0.15) is 24.4 Å². The number of rotatable bonds is 7. The van der Waals surface area contributed by atoms with E-state index in [-0.39, 0.29) is 16.9 Å². The summed E-state index contributed by atoms with van der Waals surface area (Å²) in [6.45, 7) is 0. The fraction of sp³-hybridized carbons (Fsp3) is 0.333. The molecule has 1 aliphatic rings. The first kappa shape index (κ1) is 16.6. The number of carbonyl (C=O) groups excluding carboxylic acids is 1. The zero-order valence-corrected chi connectivity index (χ0v) is 13.0. The fourth-order valence-electron chi connectivity index (χ4n) is 2.49. The number of benzene rings is 1. The molecule has 25 heavy (non-hydrogen) atoms. The van der Waals surface area contributed by atoms with E-state index in [9.17, 15) is 24.8 Å². The summed E-state index contributed by atoms with van der Waals surface area (Å²) in [6, 6.07) is 2.85. The molecular formula is C15H15N5O5. The van der Waals surface area contributed by atoms with Crippen LogP contribution in [0.15, 0.2) is 30.9 Å².